The summed E-state index contributed by atoms with van der Waals surface area (Å²) in [6, 6.07) is 17.1. The van der Waals surface area contributed by atoms with Gasteiger partial charge in [-0.2, -0.15) is 5.10 Å². The van der Waals surface area contributed by atoms with Gasteiger partial charge in [0.15, 0.2) is 0 Å². The number of hydrogen-bond donors (Lipinski definition) is 2. The van der Waals surface area contributed by atoms with Gasteiger partial charge in [0.1, 0.15) is 18.0 Å². The van der Waals surface area contributed by atoms with E-state index < -0.39 is 17.4 Å². The third-order valence-electron chi connectivity index (χ3n) is 4.33. The summed E-state index contributed by atoms with van der Waals surface area (Å²) in [6.45, 7) is 1.93. The van der Waals surface area contributed by atoms with Gasteiger partial charge in [-0.15, -0.1) is 0 Å². The van der Waals surface area contributed by atoms with Crippen LogP contribution < -0.4 is 20.9 Å². The molecule has 8 heteroatoms. The zero-order valence-electron chi connectivity index (χ0n) is 16.7. The van der Waals surface area contributed by atoms with E-state index in [9.17, 15) is 14.4 Å². The molecular weight excluding hydrogens is 384 g/mol. The summed E-state index contributed by atoms with van der Waals surface area (Å²) in [7, 11) is 1.57. The monoisotopic (exact) mass is 406 g/mol. The predicted molar refractivity (Wildman–Crippen MR) is 112 cm³/mol. The van der Waals surface area contributed by atoms with Gasteiger partial charge in [0.05, 0.1) is 7.11 Å². The summed E-state index contributed by atoms with van der Waals surface area (Å²) in [4.78, 5) is 36.7. The highest BCUT2D eigenvalue weighted by Gasteiger charge is 2.12. The van der Waals surface area contributed by atoms with Gasteiger partial charge in [-0.05, 0) is 42.8 Å². The van der Waals surface area contributed by atoms with Gasteiger partial charge in [0.2, 0.25) is 5.91 Å². The minimum absolute atomic E-state index is 0.0378. The molecule has 30 heavy (non-hydrogen) atoms. The van der Waals surface area contributed by atoms with Crippen molar-refractivity contribution < 1.29 is 14.3 Å². The molecule has 2 N–H and O–H groups in total. The van der Waals surface area contributed by atoms with Crippen molar-refractivity contribution in [2.45, 2.75) is 20.0 Å². The van der Waals surface area contributed by atoms with E-state index >= 15 is 0 Å². The molecule has 3 aromatic rings. The molecule has 0 fully saturated rings. The Balaban J connectivity index is 1.64. The average molecular weight is 406 g/mol. The molecule has 0 aliphatic rings. The van der Waals surface area contributed by atoms with Crippen molar-refractivity contribution in [1.29, 1.82) is 0 Å². The zero-order valence-corrected chi connectivity index (χ0v) is 16.7. The van der Waals surface area contributed by atoms with Crippen LogP contribution in [0.5, 0.6) is 5.75 Å². The van der Waals surface area contributed by atoms with Crippen molar-refractivity contribution in [3.8, 4) is 5.75 Å². The summed E-state index contributed by atoms with van der Waals surface area (Å²) in [5, 5.41) is 9.46. The van der Waals surface area contributed by atoms with E-state index in [0.717, 1.165) is 15.8 Å². The van der Waals surface area contributed by atoms with Gasteiger partial charge < -0.3 is 15.4 Å². The van der Waals surface area contributed by atoms with Crippen LogP contribution in [0.1, 0.15) is 21.6 Å². The highest BCUT2D eigenvalue weighted by molar-refractivity contribution is 6.02. The lowest BCUT2D eigenvalue weighted by Crippen LogP contribution is -2.34. The number of methoxy groups -OCH3 is 1. The fourth-order valence-corrected chi connectivity index (χ4v) is 2.69. The lowest BCUT2D eigenvalue weighted by atomic mass is 10.2. The van der Waals surface area contributed by atoms with Gasteiger partial charge >= 0.3 is 0 Å². The van der Waals surface area contributed by atoms with Gasteiger partial charge in [-0.25, -0.2) is 4.68 Å². The number of carbonyl (C=O) groups excluding carboxylic acids is 2. The van der Waals surface area contributed by atoms with E-state index in [2.05, 4.69) is 15.7 Å². The largest absolute Gasteiger partial charge is 0.497 e. The molecule has 2 amide bonds. The Morgan fingerprint density at radius 3 is 2.57 bits per heavy atom. The lowest BCUT2D eigenvalue weighted by molar-refractivity contribution is -0.122. The number of hydrogen-bond acceptors (Lipinski definition) is 5. The standard InChI is InChI=1S/C22H22N4O4/c1-15-6-8-17(9-7-15)24-22(29)19-10-11-21(28)26(25-19)14-20(27)23-13-16-4-3-5-18(12-16)30-2/h3-12H,13-14H2,1-2H3,(H,23,27)(H,24,29). The fraction of sp³-hybridized carbons (Fsp3) is 0.182. The first-order chi connectivity index (χ1) is 14.4. The van der Waals surface area contributed by atoms with E-state index in [1.807, 2.05) is 37.3 Å². The zero-order chi connectivity index (χ0) is 21.5. The summed E-state index contributed by atoms with van der Waals surface area (Å²) in [5.41, 5.74) is 2.10. The number of rotatable bonds is 7. The van der Waals surface area contributed by atoms with Gasteiger partial charge in [-0.1, -0.05) is 29.8 Å². The first-order valence-corrected chi connectivity index (χ1v) is 9.30. The Labute approximate surface area is 173 Å². The molecule has 1 heterocycles. The molecule has 1 aromatic heterocycles. The van der Waals surface area contributed by atoms with E-state index in [1.165, 1.54) is 12.1 Å². The van der Waals surface area contributed by atoms with Crippen molar-refractivity contribution >= 4 is 17.5 Å². The number of aromatic nitrogens is 2. The van der Waals surface area contributed by atoms with Crippen molar-refractivity contribution in [3.63, 3.8) is 0 Å². The molecule has 8 nitrogen and oxygen atoms in total. The molecule has 0 saturated heterocycles. The predicted octanol–water partition coefficient (Wildman–Crippen LogP) is 2.13. The van der Waals surface area contributed by atoms with E-state index in [1.54, 1.807) is 25.3 Å². The molecule has 154 valence electrons. The second-order valence-corrected chi connectivity index (χ2v) is 6.66. The molecule has 2 aromatic carbocycles. The Hall–Kier alpha value is -3.94. The van der Waals surface area contributed by atoms with Crippen LogP contribution in [0.3, 0.4) is 0 Å². The van der Waals surface area contributed by atoms with E-state index in [4.69, 9.17) is 4.74 Å². The van der Waals surface area contributed by atoms with Crippen molar-refractivity contribution in [1.82, 2.24) is 15.1 Å². The maximum absolute atomic E-state index is 12.4. The Morgan fingerprint density at radius 1 is 1.07 bits per heavy atom. The number of ether oxygens (including phenoxy) is 1. The smallest absolute Gasteiger partial charge is 0.276 e. The number of amides is 2. The molecule has 0 bridgehead atoms. The van der Waals surface area contributed by atoms with Crippen molar-refractivity contribution in [2.75, 3.05) is 12.4 Å². The van der Waals surface area contributed by atoms with Crippen LogP contribution >= 0.6 is 0 Å². The summed E-state index contributed by atoms with van der Waals surface area (Å²) in [6.07, 6.45) is 0. The highest BCUT2D eigenvalue weighted by Crippen LogP contribution is 2.12. The van der Waals surface area contributed by atoms with Crippen LogP contribution in [-0.2, 0) is 17.9 Å². The minimum atomic E-state index is -0.474. The topological polar surface area (TPSA) is 102 Å². The van der Waals surface area contributed by atoms with Gasteiger partial charge in [0, 0.05) is 18.3 Å². The number of nitrogens with one attached hydrogen (secondary N) is 2. The summed E-state index contributed by atoms with van der Waals surface area (Å²) in [5.74, 6) is -0.181. The molecule has 0 saturated carbocycles. The average Bonchev–Trinajstić information content (AvgIpc) is 2.75. The first kappa shape index (κ1) is 20.8. The molecule has 0 aliphatic heterocycles. The molecule has 0 spiro atoms. The molecule has 3 rings (SSSR count). The maximum Gasteiger partial charge on any atom is 0.276 e. The molecule has 0 radical (unpaired) electrons. The normalized spacial score (nSPS) is 10.3. The van der Waals surface area contributed by atoms with Crippen molar-refractivity contribution in [2.24, 2.45) is 0 Å². The number of carbonyl (C=O) groups is 2. The summed E-state index contributed by atoms with van der Waals surface area (Å²) < 4.78 is 6.11. The third kappa shape index (κ3) is 5.54. The van der Waals surface area contributed by atoms with E-state index in [-0.39, 0.29) is 18.8 Å². The molecular formula is C22H22N4O4. The Morgan fingerprint density at radius 2 is 1.83 bits per heavy atom. The first-order valence-electron chi connectivity index (χ1n) is 9.30. The van der Waals surface area contributed by atoms with Crippen LogP contribution in [0.25, 0.3) is 0 Å². The Kier molecular flexibility index (Phi) is 6.59. The molecule has 0 aliphatic carbocycles. The van der Waals surface area contributed by atoms with Gasteiger partial charge in [-0.3, -0.25) is 14.4 Å². The molecule has 0 unspecified atom stereocenters. The van der Waals surface area contributed by atoms with Crippen LogP contribution in [-0.4, -0.2) is 28.7 Å². The van der Waals surface area contributed by atoms with Crippen molar-refractivity contribution in [3.05, 3.63) is 87.8 Å². The van der Waals surface area contributed by atoms with Crippen LogP contribution in [0.2, 0.25) is 0 Å². The maximum atomic E-state index is 12.4. The van der Waals surface area contributed by atoms with Crippen LogP contribution in [0.15, 0.2) is 65.5 Å². The SMILES string of the molecule is COc1cccc(CNC(=O)Cn2nc(C(=O)Nc3ccc(C)cc3)ccc2=O)c1. The van der Waals surface area contributed by atoms with Crippen LogP contribution in [0, 0.1) is 6.92 Å². The van der Waals surface area contributed by atoms with Gasteiger partial charge in [0.25, 0.3) is 11.5 Å². The highest BCUT2D eigenvalue weighted by atomic mass is 16.5. The minimum Gasteiger partial charge on any atom is -0.497 e. The molecule has 0 atom stereocenters. The fourth-order valence-electron chi connectivity index (χ4n) is 2.69. The number of anilines is 1. The number of nitrogens with zero attached hydrogens (tertiary/aromatic N) is 2. The lowest BCUT2D eigenvalue weighted by Gasteiger charge is -2.09. The third-order valence-corrected chi connectivity index (χ3v) is 4.33. The second kappa shape index (κ2) is 9.51. The quantitative estimate of drug-likeness (QED) is 0.626. The summed E-state index contributed by atoms with van der Waals surface area (Å²) >= 11 is 0. The van der Waals surface area contributed by atoms with E-state index in [0.29, 0.717) is 11.4 Å². The number of benzene rings is 2. The number of aryl methyl sites for hydroxylation is 1. The Bertz CT molecular complexity index is 1110. The van der Waals surface area contributed by atoms with Crippen LogP contribution in [0.4, 0.5) is 5.69 Å². The second-order valence-electron chi connectivity index (χ2n) is 6.66.